The zero-order valence-electron chi connectivity index (χ0n) is 10.2. The Kier molecular flexibility index (Phi) is 3.69. The van der Waals surface area contributed by atoms with Crippen molar-refractivity contribution in [2.45, 2.75) is 26.9 Å². The topological polar surface area (TPSA) is 43.0 Å². The van der Waals surface area contributed by atoms with Gasteiger partial charge in [-0.2, -0.15) is 5.10 Å². The number of aromatic nitrogens is 2. The molecule has 2 aromatic rings. The summed E-state index contributed by atoms with van der Waals surface area (Å²) in [6.45, 7) is 5.45. The van der Waals surface area contributed by atoms with Crippen molar-refractivity contribution in [1.29, 1.82) is 0 Å². The van der Waals surface area contributed by atoms with E-state index < -0.39 is 0 Å². The molecular weight excluding hydrogens is 282 g/mol. The molecule has 0 aliphatic heterocycles. The van der Waals surface area contributed by atoms with Gasteiger partial charge in [-0.1, -0.05) is 0 Å². The normalized spacial score (nSPS) is 11.1. The highest BCUT2D eigenvalue weighted by Crippen LogP contribution is 2.21. The Morgan fingerprint density at radius 1 is 1.35 bits per heavy atom. The van der Waals surface area contributed by atoms with Crippen LogP contribution in [0.15, 0.2) is 21.0 Å². The minimum absolute atomic E-state index is 0.669. The zero-order valence-corrected chi connectivity index (χ0v) is 11.8. The van der Waals surface area contributed by atoms with E-state index in [0.717, 1.165) is 33.9 Å². The standard InChI is InChI=1S/C12H16BrN3O/c1-8-12(13)9(2)16(15-8)7-11-5-4-10(17-11)6-14-3/h4-5,14H,6-7H2,1-3H3. The maximum atomic E-state index is 5.69. The van der Waals surface area contributed by atoms with E-state index in [4.69, 9.17) is 4.42 Å². The summed E-state index contributed by atoms with van der Waals surface area (Å²) in [6, 6.07) is 3.99. The Morgan fingerprint density at radius 3 is 2.65 bits per heavy atom. The monoisotopic (exact) mass is 297 g/mol. The summed E-state index contributed by atoms with van der Waals surface area (Å²) in [6.07, 6.45) is 0. The van der Waals surface area contributed by atoms with Crippen LogP contribution in [0.25, 0.3) is 0 Å². The Balaban J connectivity index is 2.16. The van der Waals surface area contributed by atoms with Crippen LogP contribution in [0.3, 0.4) is 0 Å². The fourth-order valence-electron chi connectivity index (χ4n) is 1.75. The summed E-state index contributed by atoms with van der Waals surface area (Å²) in [4.78, 5) is 0. The van der Waals surface area contributed by atoms with Crippen LogP contribution < -0.4 is 5.32 Å². The first-order valence-electron chi connectivity index (χ1n) is 5.53. The molecule has 17 heavy (non-hydrogen) atoms. The van der Waals surface area contributed by atoms with Crippen LogP contribution in [-0.2, 0) is 13.1 Å². The molecule has 0 saturated carbocycles. The molecule has 0 amide bonds. The predicted molar refractivity (Wildman–Crippen MR) is 70.0 cm³/mol. The Bertz CT molecular complexity index is 516. The molecule has 0 aliphatic carbocycles. The quantitative estimate of drug-likeness (QED) is 0.943. The highest BCUT2D eigenvalue weighted by Gasteiger charge is 2.10. The maximum Gasteiger partial charge on any atom is 0.125 e. The highest BCUT2D eigenvalue weighted by atomic mass is 79.9. The Morgan fingerprint density at radius 2 is 2.06 bits per heavy atom. The van der Waals surface area contributed by atoms with Gasteiger partial charge in [0.2, 0.25) is 0 Å². The van der Waals surface area contributed by atoms with Crippen molar-refractivity contribution in [1.82, 2.24) is 15.1 Å². The molecule has 0 bridgehead atoms. The third kappa shape index (κ3) is 2.61. The summed E-state index contributed by atoms with van der Waals surface area (Å²) in [7, 11) is 1.90. The van der Waals surface area contributed by atoms with Gasteiger partial charge in [-0.25, -0.2) is 0 Å². The van der Waals surface area contributed by atoms with Crippen molar-refractivity contribution in [3.8, 4) is 0 Å². The van der Waals surface area contributed by atoms with Gasteiger partial charge in [0.25, 0.3) is 0 Å². The van der Waals surface area contributed by atoms with E-state index in [1.165, 1.54) is 0 Å². The number of aryl methyl sites for hydroxylation is 1. The first kappa shape index (κ1) is 12.4. The highest BCUT2D eigenvalue weighted by molar-refractivity contribution is 9.10. The molecule has 0 unspecified atom stereocenters. The molecule has 1 N–H and O–H groups in total. The molecule has 5 heteroatoms. The number of hydrogen-bond acceptors (Lipinski definition) is 3. The molecule has 2 heterocycles. The second-order valence-electron chi connectivity index (χ2n) is 4.04. The first-order chi connectivity index (χ1) is 8.11. The van der Waals surface area contributed by atoms with Gasteiger partial charge in [0.05, 0.1) is 29.0 Å². The average molecular weight is 298 g/mol. The largest absolute Gasteiger partial charge is 0.463 e. The number of hydrogen-bond donors (Lipinski definition) is 1. The summed E-state index contributed by atoms with van der Waals surface area (Å²) < 4.78 is 8.71. The maximum absolute atomic E-state index is 5.69. The van der Waals surface area contributed by atoms with Gasteiger partial charge in [-0.05, 0) is 49.0 Å². The Hall–Kier alpha value is -1.07. The zero-order chi connectivity index (χ0) is 12.4. The van der Waals surface area contributed by atoms with Gasteiger partial charge in [-0.15, -0.1) is 0 Å². The SMILES string of the molecule is CNCc1ccc(Cn2nc(C)c(Br)c2C)o1. The Labute approximate surface area is 109 Å². The van der Waals surface area contributed by atoms with Gasteiger partial charge >= 0.3 is 0 Å². The van der Waals surface area contributed by atoms with E-state index in [9.17, 15) is 0 Å². The number of rotatable bonds is 4. The van der Waals surface area contributed by atoms with Crippen LogP contribution in [0.5, 0.6) is 0 Å². The predicted octanol–water partition coefficient (Wildman–Crippen LogP) is 2.62. The van der Waals surface area contributed by atoms with Gasteiger partial charge in [0, 0.05) is 0 Å². The van der Waals surface area contributed by atoms with E-state index in [1.54, 1.807) is 0 Å². The van der Waals surface area contributed by atoms with Crippen molar-refractivity contribution in [2.75, 3.05) is 7.05 Å². The van der Waals surface area contributed by atoms with E-state index >= 15 is 0 Å². The molecule has 4 nitrogen and oxygen atoms in total. The summed E-state index contributed by atoms with van der Waals surface area (Å²) in [5, 5.41) is 7.52. The third-order valence-corrected chi connectivity index (χ3v) is 3.81. The molecule has 0 atom stereocenters. The van der Waals surface area contributed by atoms with Crippen LogP contribution in [0, 0.1) is 13.8 Å². The molecule has 0 fully saturated rings. The van der Waals surface area contributed by atoms with Gasteiger partial charge in [0.1, 0.15) is 11.5 Å². The average Bonchev–Trinajstić information content (AvgIpc) is 2.82. The second kappa shape index (κ2) is 5.06. The fourth-order valence-corrected chi connectivity index (χ4v) is 2.04. The molecule has 92 valence electrons. The fraction of sp³-hybridized carbons (Fsp3) is 0.417. The van der Waals surface area contributed by atoms with Gasteiger partial charge in [-0.3, -0.25) is 4.68 Å². The molecule has 0 aromatic carbocycles. The summed E-state index contributed by atoms with van der Waals surface area (Å²) >= 11 is 3.52. The minimum Gasteiger partial charge on any atom is -0.463 e. The number of furan rings is 1. The lowest BCUT2D eigenvalue weighted by molar-refractivity contribution is 0.434. The van der Waals surface area contributed by atoms with Crippen LogP contribution in [0.4, 0.5) is 0 Å². The number of halogens is 1. The van der Waals surface area contributed by atoms with Gasteiger partial charge < -0.3 is 9.73 Å². The van der Waals surface area contributed by atoms with E-state index in [1.807, 2.05) is 37.7 Å². The van der Waals surface area contributed by atoms with Crippen LogP contribution in [-0.4, -0.2) is 16.8 Å². The molecule has 0 saturated heterocycles. The van der Waals surface area contributed by atoms with Crippen LogP contribution in [0.1, 0.15) is 22.9 Å². The number of nitrogens with zero attached hydrogens (tertiary/aromatic N) is 2. The third-order valence-electron chi connectivity index (χ3n) is 2.67. The first-order valence-corrected chi connectivity index (χ1v) is 6.33. The molecule has 2 aromatic heterocycles. The minimum atomic E-state index is 0.669. The smallest absolute Gasteiger partial charge is 0.125 e. The van der Waals surface area contributed by atoms with E-state index in [2.05, 4.69) is 26.3 Å². The lowest BCUT2D eigenvalue weighted by Gasteiger charge is -2.01. The van der Waals surface area contributed by atoms with E-state index in [-0.39, 0.29) is 0 Å². The van der Waals surface area contributed by atoms with Crippen molar-refractivity contribution < 1.29 is 4.42 Å². The molecule has 0 aliphatic rings. The van der Waals surface area contributed by atoms with Crippen molar-refractivity contribution in [3.05, 3.63) is 39.5 Å². The summed E-state index contributed by atoms with van der Waals surface area (Å²) in [5.74, 6) is 1.87. The lowest BCUT2D eigenvalue weighted by Crippen LogP contribution is -2.04. The summed E-state index contributed by atoms with van der Waals surface area (Å²) in [5.41, 5.74) is 2.12. The van der Waals surface area contributed by atoms with Crippen LogP contribution >= 0.6 is 15.9 Å². The van der Waals surface area contributed by atoms with E-state index in [0.29, 0.717) is 6.54 Å². The van der Waals surface area contributed by atoms with Crippen molar-refractivity contribution in [2.24, 2.45) is 0 Å². The molecular formula is C12H16BrN3O. The van der Waals surface area contributed by atoms with Gasteiger partial charge in [0.15, 0.2) is 0 Å². The van der Waals surface area contributed by atoms with Crippen molar-refractivity contribution in [3.63, 3.8) is 0 Å². The van der Waals surface area contributed by atoms with Crippen molar-refractivity contribution >= 4 is 15.9 Å². The lowest BCUT2D eigenvalue weighted by atomic mass is 10.4. The molecule has 0 radical (unpaired) electrons. The van der Waals surface area contributed by atoms with Crippen LogP contribution in [0.2, 0.25) is 0 Å². The second-order valence-corrected chi connectivity index (χ2v) is 4.83. The number of nitrogens with one attached hydrogen (secondary N) is 1. The molecule has 2 rings (SSSR count). The molecule has 0 spiro atoms.